The molecule has 1 saturated carbocycles. The maximum absolute atomic E-state index is 10.5. The Hall–Kier alpha value is -0.870. The van der Waals surface area contributed by atoms with Crippen LogP contribution in [0.5, 0.6) is 0 Å². The summed E-state index contributed by atoms with van der Waals surface area (Å²) in [5.41, 5.74) is 0.145. The highest BCUT2D eigenvalue weighted by Crippen LogP contribution is 2.17. The van der Waals surface area contributed by atoms with Crippen molar-refractivity contribution in [1.29, 1.82) is 0 Å². The van der Waals surface area contributed by atoms with Crippen LogP contribution in [-0.4, -0.2) is 34.9 Å². The number of aliphatic hydroxyl groups excluding tert-OH is 1. The monoisotopic (exact) mass is 213 g/mol. The van der Waals surface area contributed by atoms with Crippen LogP contribution in [0.15, 0.2) is 12.2 Å². The number of carboxylic acids is 1. The molecule has 0 radical (unpaired) electrons. The molecule has 2 unspecified atom stereocenters. The summed E-state index contributed by atoms with van der Waals surface area (Å²) in [5, 5.41) is 21.5. The van der Waals surface area contributed by atoms with E-state index in [1.165, 1.54) is 0 Å². The lowest BCUT2D eigenvalue weighted by Gasteiger charge is -2.21. The van der Waals surface area contributed by atoms with Crippen molar-refractivity contribution >= 4 is 5.97 Å². The fourth-order valence-corrected chi connectivity index (χ4v) is 1.86. The summed E-state index contributed by atoms with van der Waals surface area (Å²) < 4.78 is 0. The molecular formula is C11H19NO3. The van der Waals surface area contributed by atoms with Gasteiger partial charge in [0.05, 0.1) is 6.10 Å². The number of hydrogen-bond acceptors (Lipinski definition) is 3. The highest BCUT2D eigenvalue weighted by atomic mass is 16.4. The lowest BCUT2D eigenvalue weighted by Crippen LogP contribution is -2.40. The second-order valence-electron chi connectivity index (χ2n) is 4.10. The third kappa shape index (κ3) is 4.01. The molecule has 4 nitrogen and oxygen atoms in total. The van der Waals surface area contributed by atoms with Crippen molar-refractivity contribution in [1.82, 2.24) is 5.32 Å². The Morgan fingerprint density at radius 1 is 1.33 bits per heavy atom. The van der Waals surface area contributed by atoms with Gasteiger partial charge in [0, 0.05) is 18.2 Å². The van der Waals surface area contributed by atoms with Crippen LogP contribution in [0, 0.1) is 0 Å². The van der Waals surface area contributed by atoms with Gasteiger partial charge in [-0.05, 0) is 12.8 Å². The van der Waals surface area contributed by atoms with Crippen LogP contribution >= 0.6 is 0 Å². The molecule has 0 spiro atoms. The fraction of sp³-hybridized carbons (Fsp3) is 0.727. The van der Waals surface area contributed by atoms with E-state index in [9.17, 15) is 9.90 Å². The zero-order valence-electron chi connectivity index (χ0n) is 8.91. The van der Waals surface area contributed by atoms with E-state index in [-0.39, 0.29) is 24.3 Å². The van der Waals surface area contributed by atoms with E-state index in [1.807, 2.05) is 0 Å². The maximum Gasteiger partial charge on any atom is 0.332 e. The molecule has 86 valence electrons. The van der Waals surface area contributed by atoms with Crippen molar-refractivity contribution in [2.24, 2.45) is 0 Å². The third-order valence-electron chi connectivity index (χ3n) is 2.86. The first-order valence-electron chi connectivity index (χ1n) is 5.44. The van der Waals surface area contributed by atoms with E-state index < -0.39 is 5.97 Å². The molecule has 0 aromatic carbocycles. The molecule has 1 rings (SSSR count). The Bertz CT molecular complexity index is 240. The van der Waals surface area contributed by atoms with E-state index in [0.29, 0.717) is 0 Å². The molecule has 1 aliphatic carbocycles. The Morgan fingerprint density at radius 3 is 2.67 bits per heavy atom. The molecule has 4 heteroatoms. The van der Waals surface area contributed by atoms with E-state index in [4.69, 9.17) is 5.11 Å². The Labute approximate surface area is 90.0 Å². The Balaban J connectivity index is 2.35. The number of aliphatic carboxylic acids is 1. The zero-order chi connectivity index (χ0) is 11.3. The quantitative estimate of drug-likeness (QED) is 0.479. The molecule has 1 fully saturated rings. The first-order valence-corrected chi connectivity index (χ1v) is 5.44. The van der Waals surface area contributed by atoms with Crippen LogP contribution in [0.1, 0.15) is 32.1 Å². The Morgan fingerprint density at radius 2 is 2.00 bits per heavy atom. The van der Waals surface area contributed by atoms with Crippen molar-refractivity contribution in [3.8, 4) is 0 Å². The second kappa shape index (κ2) is 5.88. The lowest BCUT2D eigenvalue weighted by atomic mass is 10.1. The van der Waals surface area contributed by atoms with Crippen molar-refractivity contribution in [2.75, 3.05) is 6.54 Å². The molecule has 0 amide bonds. The standard InChI is InChI=1S/C11H19NO3/c1-8(11(14)15)7-12-9-5-3-2-4-6-10(9)13/h9-10,12-13H,1-7H2,(H,14,15). The van der Waals surface area contributed by atoms with Gasteiger partial charge in [-0.25, -0.2) is 4.79 Å². The van der Waals surface area contributed by atoms with E-state index in [0.717, 1.165) is 32.1 Å². The summed E-state index contributed by atoms with van der Waals surface area (Å²) in [6.45, 7) is 3.69. The van der Waals surface area contributed by atoms with Crippen LogP contribution in [0.3, 0.4) is 0 Å². The van der Waals surface area contributed by atoms with E-state index in [2.05, 4.69) is 11.9 Å². The molecule has 15 heavy (non-hydrogen) atoms. The Kier molecular flexibility index (Phi) is 4.78. The SMILES string of the molecule is C=C(CNC1CCCCCC1O)C(=O)O. The summed E-state index contributed by atoms with van der Waals surface area (Å²) in [4.78, 5) is 10.5. The number of nitrogens with one attached hydrogen (secondary N) is 1. The molecule has 0 aromatic rings. The van der Waals surface area contributed by atoms with Gasteiger partial charge in [0.25, 0.3) is 0 Å². The van der Waals surface area contributed by atoms with Gasteiger partial charge in [-0.15, -0.1) is 0 Å². The molecule has 0 heterocycles. The van der Waals surface area contributed by atoms with Crippen molar-refractivity contribution in [3.05, 3.63) is 12.2 Å². The van der Waals surface area contributed by atoms with Crippen LogP contribution in [-0.2, 0) is 4.79 Å². The van der Waals surface area contributed by atoms with Gasteiger partial charge < -0.3 is 15.5 Å². The molecule has 0 bridgehead atoms. The van der Waals surface area contributed by atoms with Gasteiger partial charge >= 0.3 is 5.97 Å². The van der Waals surface area contributed by atoms with Crippen molar-refractivity contribution in [3.63, 3.8) is 0 Å². The van der Waals surface area contributed by atoms with Crippen molar-refractivity contribution in [2.45, 2.75) is 44.2 Å². The fourth-order valence-electron chi connectivity index (χ4n) is 1.86. The maximum atomic E-state index is 10.5. The third-order valence-corrected chi connectivity index (χ3v) is 2.86. The minimum atomic E-state index is -0.981. The van der Waals surface area contributed by atoms with Gasteiger partial charge in [-0.3, -0.25) is 0 Å². The average Bonchev–Trinajstić information content (AvgIpc) is 2.39. The van der Waals surface area contributed by atoms with Gasteiger partial charge in [0.2, 0.25) is 0 Å². The minimum absolute atomic E-state index is 0.0172. The largest absolute Gasteiger partial charge is 0.478 e. The lowest BCUT2D eigenvalue weighted by molar-refractivity contribution is -0.132. The zero-order valence-corrected chi connectivity index (χ0v) is 8.91. The van der Waals surface area contributed by atoms with Crippen LogP contribution in [0.2, 0.25) is 0 Å². The first kappa shape index (κ1) is 12.2. The van der Waals surface area contributed by atoms with Gasteiger partial charge in [0.15, 0.2) is 0 Å². The predicted molar refractivity (Wildman–Crippen MR) is 57.7 cm³/mol. The van der Waals surface area contributed by atoms with Gasteiger partial charge in [0.1, 0.15) is 0 Å². The number of carbonyl (C=O) groups is 1. The number of carboxylic acid groups (broad SMARTS) is 1. The summed E-state index contributed by atoms with van der Waals surface area (Å²) >= 11 is 0. The highest BCUT2D eigenvalue weighted by molar-refractivity contribution is 5.86. The minimum Gasteiger partial charge on any atom is -0.478 e. The molecular weight excluding hydrogens is 194 g/mol. The normalized spacial score (nSPS) is 27.0. The predicted octanol–water partition coefficient (Wildman–Crippen LogP) is 0.910. The highest BCUT2D eigenvalue weighted by Gasteiger charge is 2.21. The van der Waals surface area contributed by atoms with Crippen molar-refractivity contribution < 1.29 is 15.0 Å². The molecule has 1 aliphatic rings. The number of aliphatic hydroxyl groups is 1. The molecule has 3 N–H and O–H groups in total. The second-order valence-corrected chi connectivity index (χ2v) is 4.10. The number of rotatable bonds is 4. The van der Waals surface area contributed by atoms with Gasteiger partial charge in [-0.2, -0.15) is 0 Å². The van der Waals surface area contributed by atoms with Crippen LogP contribution in [0.25, 0.3) is 0 Å². The molecule has 0 aliphatic heterocycles. The molecule has 2 atom stereocenters. The summed E-state index contributed by atoms with van der Waals surface area (Å²) in [7, 11) is 0. The molecule has 0 saturated heterocycles. The first-order chi connectivity index (χ1) is 7.11. The van der Waals surface area contributed by atoms with Gasteiger partial charge in [-0.1, -0.05) is 25.8 Å². The summed E-state index contributed by atoms with van der Waals surface area (Å²) in [5.74, 6) is -0.981. The average molecular weight is 213 g/mol. The van der Waals surface area contributed by atoms with Crippen LogP contribution < -0.4 is 5.32 Å². The smallest absolute Gasteiger partial charge is 0.332 e. The van der Waals surface area contributed by atoms with E-state index >= 15 is 0 Å². The van der Waals surface area contributed by atoms with Crippen LogP contribution in [0.4, 0.5) is 0 Å². The van der Waals surface area contributed by atoms with E-state index in [1.54, 1.807) is 0 Å². The number of hydrogen-bond donors (Lipinski definition) is 3. The summed E-state index contributed by atoms with van der Waals surface area (Å²) in [6, 6.07) is 0.0172. The summed E-state index contributed by atoms with van der Waals surface area (Å²) in [6.07, 6.45) is 4.66. The molecule has 0 aromatic heterocycles. The topological polar surface area (TPSA) is 69.6 Å².